The van der Waals surface area contributed by atoms with Gasteiger partial charge in [0.25, 0.3) is 0 Å². The Labute approximate surface area is 100 Å². The molecule has 2 bridgehead atoms. The Morgan fingerprint density at radius 1 is 0.944 bits per heavy atom. The Morgan fingerprint density at radius 2 is 1.50 bits per heavy atom. The highest BCUT2D eigenvalue weighted by Crippen LogP contribution is 2.47. The highest BCUT2D eigenvalue weighted by molar-refractivity contribution is 4.91. The van der Waals surface area contributed by atoms with Crippen molar-refractivity contribution in [1.82, 2.24) is 0 Å². The van der Waals surface area contributed by atoms with Crippen LogP contribution in [0.3, 0.4) is 0 Å². The lowest BCUT2D eigenvalue weighted by Crippen LogP contribution is -2.57. The zero-order valence-electron chi connectivity index (χ0n) is 9.26. The summed E-state index contributed by atoms with van der Waals surface area (Å²) < 4.78 is 4.72. The van der Waals surface area contributed by atoms with Crippen molar-refractivity contribution >= 4 is 0 Å². The van der Waals surface area contributed by atoms with E-state index in [9.17, 15) is 30.3 Å². The van der Waals surface area contributed by atoms with Crippen molar-refractivity contribution in [2.75, 3.05) is 0 Å². The van der Waals surface area contributed by atoms with Gasteiger partial charge in [0, 0.05) is 0 Å². The molecule has 100 valence electrons. The second-order valence-electron chi connectivity index (χ2n) is 4.68. The van der Waals surface area contributed by atoms with Crippen molar-refractivity contribution in [2.45, 2.75) is 37.8 Å². The zero-order chi connectivity index (χ0) is 13.5. The lowest BCUT2D eigenvalue weighted by molar-refractivity contribution is -1.02. The molecule has 0 aromatic carbocycles. The largest absolute Gasteiger partial charge is 0.845 e. The highest BCUT2D eigenvalue weighted by atomic mass is 16.8. The van der Waals surface area contributed by atoms with Crippen LogP contribution in [0.15, 0.2) is 0 Å². The summed E-state index contributed by atoms with van der Waals surface area (Å²) in [6.07, 6.45) is 2.12. The molecule has 10 heteroatoms. The predicted octanol–water partition coefficient (Wildman–Crippen LogP) is 0.633. The van der Waals surface area contributed by atoms with Crippen LogP contribution in [-0.2, 0) is 4.74 Å². The van der Waals surface area contributed by atoms with E-state index in [-0.39, 0.29) is 5.92 Å². The van der Waals surface area contributed by atoms with Gasteiger partial charge in [0.15, 0.2) is 0 Å². The van der Waals surface area contributed by atoms with Crippen LogP contribution in [0.1, 0.15) is 25.7 Å². The van der Waals surface area contributed by atoms with Gasteiger partial charge in [-0.1, -0.05) is 0 Å². The minimum atomic E-state index is -3.77. The molecule has 0 aliphatic heterocycles. The van der Waals surface area contributed by atoms with Gasteiger partial charge in [-0.05, 0) is 37.5 Å². The van der Waals surface area contributed by atoms with Crippen LogP contribution in [0.5, 0.6) is 0 Å². The Hall–Kier alpha value is -1.84. The molecule has 18 heavy (non-hydrogen) atoms. The predicted molar refractivity (Wildman–Crippen MR) is 54.0 cm³/mol. The van der Waals surface area contributed by atoms with Crippen LogP contribution >= 0.6 is 0 Å². The maximum Gasteiger partial charge on any atom is 0.845 e. The fraction of sp³-hybridized carbons (Fsp3) is 1.00. The van der Waals surface area contributed by atoms with E-state index in [0.717, 1.165) is 19.3 Å². The van der Waals surface area contributed by atoms with E-state index in [0.29, 0.717) is 12.3 Å². The number of nitro groups is 3. The molecule has 0 unspecified atom stereocenters. The fourth-order valence-corrected chi connectivity index (χ4v) is 2.86. The van der Waals surface area contributed by atoms with Crippen molar-refractivity contribution in [3.63, 3.8) is 0 Å². The van der Waals surface area contributed by atoms with E-state index in [1.54, 1.807) is 0 Å². The highest BCUT2D eigenvalue weighted by Gasteiger charge is 2.76. The summed E-state index contributed by atoms with van der Waals surface area (Å²) in [6, 6.07) is 0. The van der Waals surface area contributed by atoms with Crippen LogP contribution < -0.4 is 0 Å². The molecule has 0 aromatic heterocycles. The lowest BCUT2D eigenvalue weighted by Gasteiger charge is -2.21. The maximum atomic E-state index is 10.7. The monoisotopic (exact) mass is 261 g/mol. The van der Waals surface area contributed by atoms with Crippen molar-refractivity contribution in [2.24, 2.45) is 11.8 Å². The Balaban J connectivity index is 2.23. The third-order valence-electron chi connectivity index (χ3n) is 3.70. The van der Waals surface area contributed by atoms with Crippen molar-refractivity contribution < 1.29 is 19.5 Å². The maximum absolute atomic E-state index is 10.7. The Morgan fingerprint density at radius 3 is 1.83 bits per heavy atom. The summed E-state index contributed by atoms with van der Waals surface area (Å²) in [7, 11) is 0. The molecule has 2 saturated carbocycles. The second-order valence-corrected chi connectivity index (χ2v) is 4.68. The minimum Gasteiger partial charge on any atom is -0.250 e. The van der Waals surface area contributed by atoms with Gasteiger partial charge < -0.3 is 0 Å². The van der Waals surface area contributed by atoms with Crippen molar-refractivity contribution in [3.8, 4) is 0 Å². The average molecular weight is 261 g/mol. The van der Waals surface area contributed by atoms with Crippen LogP contribution in [0.4, 0.5) is 0 Å². The molecule has 2 rings (SSSR count). The molecule has 3 atom stereocenters. The molecule has 0 radical (unpaired) electrons. The molecule has 0 amide bonds. The van der Waals surface area contributed by atoms with Gasteiger partial charge in [0.1, 0.15) is 0 Å². The molecule has 0 heterocycles. The van der Waals surface area contributed by atoms with Gasteiger partial charge in [-0.25, -0.2) is 0 Å². The Kier molecular flexibility index (Phi) is 2.89. The van der Waals surface area contributed by atoms with E-state index in [4.69, 9.17) is 4.74 Å². The average Bonchev–Trinajstić information content (AvgIpc) is 2.85. The number of fused-ring (bicyclic) bond motifs is 2. The van der Waals surface area contributed by atoms with E-state index >= 15 is 0 Å². The molecule has 10 nitrogen and oxygen atoms in total. The van der Waals surface area contributed by atoms with Crippen molar-refractivity contribution in [3.05, 3.63) is 30.3 Å². The van der Waals surface area contributed by atoms with Crippen LogP contribution in [0.25, 0.3) is 0 Å². The summed E-state index contributed by atoms with van der Waals surface area (Å²) in [5.74, 6) is -3.51. The first-order chi connectivity index (χ1) is 8.37. The van der Waals surface area contributed by atoms with Gasteiger partial charge in [0.05, 0.1) is 6.10 Å². The van der Waals surface area contributed by atoms with E-state index in [1.165, 1.54) is 0 Å². The molecule has 0 spiro atoms. The van der Waals surface area contributed by atoms with Crippen LogP contribution in [-0.4, -0.2) is 26.8 Å². The summed E-state index contributed by atoms with van der Waals surface area (Å²) in [4.78, 5) is 27.3. The summed E-state index contributed by atoms with van der Waals surface area (Å²) >= 11 is 0. The normalized spacial score (nSPS) is 30.3. The Bertz CT molecular complexity index is 375. The molecule has 0 saturated heterocycles. The van der Waals surface area contributed by atoms with Crippen LogP contribution in [0.2, 0.25) is 0 Å². The van der Waals surface area contributed by atoms with Crippen LogP contribution in [0, 0.1) is 42.2 Å². The summed E-state index contributed by atoms with van der Waals surface area (Å²) in [5.41, 5.74) is 0. The third kappa shape index (κ3) is 1.68. The smallest absolute Gasteiger partial charge is 0.250 e. The van der Waals surface area contributed by atoms with E-state index < -0.39 is 26.8 Å². The molecule has 2 fully saturated rings. The number of hydrogen-bond acceptors (Lipinski definition) is 7. The van der Waals surface area contributed by atoms with Gasteiger partial charge in [-0.2, -0.15) is 4.74 Å². The second kappa shape index (κ2) is 4.12. The number of rotatable bonds is 5. The third-order valence-corrected chi connectivity index (χ3v) is 3.70. The summed E-state index contributed by atoms with van der Waals surface area (Å²) in [6.45, 7) is 0. The first-order valence-electron chi connectivity index (χ1n) is 5.49. The number of ether oxygens (including phenoxy) is 1. The first-order valence-corrected chi connectivity index (χ1v) is 5.49. The molecular formula is C8H11N3O7. The lowest BCUT2D eigenvalue weighted by atomic mass is 9.98. The standard InChI is InChI=1S/C8H11N3O7/c12-9(13)8(10(14)15,11(16)17)18-7-4-5-1-2-6(7)3-5/h5-7H,1-4H2/t5-,6+,7+/m1/s1. The number of nitrogens with zero attached hydrogens (tertiary/aromatic N) is 3. The van der Waals surface area contributed by atoms with Gasteiger partial charge in [0.2, 0.25) is 14.8 Å². The molecule has 2 aliphatic rings. The summed E-state index contributed by atoms with van der Waals surface area (Å²) in [5, 5.41) is 32.1. The quantitative estimate of drug-likeness (QED) is 0.401. The van der Waals surface area contributed by atoms with E-state index in [1.807, 2.05) is 0 Å². The van der Waals surface area contributed by atoms with Gasteiger partial charge >= 0.3 is 5.97 Å². The van der Waals surface area contributed by atoms with Crippen molar-refractivity contribution in [1.29, 1.82) is 0 Å². The van der Waals surface area contributed by atoms with Gasteiger partial charge in [-0.15, -0.1) is 0 Å². The van der Waals surface area contributed by atoms with Gasteiger partial charge in [-0.3, -0.25) is 30.3 Å². The fourth-order valence-electron chi connectivity index (χ4n) is 2.86. The molecule has 2 aliphatic carbocycles. The first kappa shape index (κ1) is 12.6. The molecular weight excluding hydrogens is 250 g/mol. The molecule has 0 N–H and O–H groups in total. The molecule has 0 aromatic rings. The SMILES string of the molecule is O=[N+]([O-])C(O[C@H]1C[C@@H]2CC[C@H]1C2)([N+](=O)[O-])[N+](=O)[O-]. The van der Waals surface area contributed by atoms with E-state index in [2.05, 4.69) is 0 Å². The minimum absolute atomic E-state index is 0.0470. The zero-order valence-corrected chi connectivity index (χ0v) is 9.26. The number of hydrogen-bond donors (Lipinski definition) is 0. The topological polar surface area (TPSA) is 139 Å².